The van der Waals surface area contributed by atoms with Crippen molar-refractivity contribution in [1.29, 1.82) is 0 Å². The molecule has 1 N–H and O–H groups in total. The van der Waals surface area contributed by atoms with Gasteiger partial charge in [0.25, 0.3) is 0 Å². The molecule has 0 saturated heterocycles. The first kappa shape index (κ1) is 14.0. The number of aromatic hydroxyl groups is 1. The van der Waals surface area contributed by atoms with E-state index in [2.05, 4.69) is 26.0 Å². The maximum atomic E-state index is 10.2. The van der Waals surface area contributed by atoms with Gasteiger partial charge in [0, 0.05) is 0 Å². The van der Waals surface area contributed by atoms with Gasteiger partial charge in [-0.05, 0) is 68.4 Å². The Balaban J connectivity index is 1.80. The van der Waals surface area contributed by atoms with E-state index in [0.717, 1.165) is 42.6 Å². The third-order valence-corrected chi connectivity index (χ3v) is 4.17. The van der Waals surface area contributed by atoms with Crippen molar-refractivity contribution in [3.8, 4) is 11.5 Å². The lowest BCUT2D eigenvalue weighted by atomic mass is 9.92. The summed E-state index contributed by atoms with van der Waals surface area (Å²) in [5.74, 6) is 1.33. The molecular formula is C19H22O2. The summed E-state index contributed by atoms with van der Waals surface area (Å²) < 4.78 is 6.06. The Kier molecular flexibility index (Phi) is 3.62. The third-order valence-electron chi connectivity index (χ3n) is 4.17. The zero-order valence-corrected chi connectivity index (χ0v) is 12.7. The Labute approximate surface area is 126 Å². The SMILES string of the molecule is CC1(C)CCc2cc(O)c(CCc3ccccc3)cc2O1. The molecule has 0 aromatic heterocycles. The molecule has 1 heterocycles. The first-order valence-electron chi connectivity index (χ1n) is 7.61. The van der Waals surface area contributed by atoms with Crippen molar-refractivity contribution in [3.63, 3.8) is 0 Å². The molecule has 0 bridgehead atoms. The summed E-state index contributed by atoms with van der Waals surface area (Å²) in [6.45, 7) is 4.23. The van der Waals surface area contributed by atoms with E-state index < -0.39 is 0 Å². The molecule has 0 unspecified atom stereocenters. The van der Waals surface area contributed by atoms with Gasteiger partial charge in [0.2, 0.25) is 0 Å². The lowest BCUT2D eigenvalue weighted by molar-refractivity contribution is 0.0844. The average molecular weight is 282 g/mol. The van der Waals surface area contributed by atoms with Gasteiger partial charge in [0.1, 0.15) is 17.1 Å². The van der Waals surface area contributed by atoms with Gasteiger partial charge in [-0.3, -0.25) is 0 Å². The van der Waals surface area contributed by atoms with Crippen molar-refractivity contribution in [2.75, 3.05) is 0 Å². The summed E-state index contributed by atoms with van der Waals surface area (Å²) in [4.78, 5) is 0. The number of rotatable bonds is 3. The van der Waals surface area contributed by atoms with Crippen LogP contribution < -0.4 is 4.74 Å². The van der Waals surface area contributed by atoms with Gasteiger partial charge in [-0.25, -0.2) is 0 Å². The molecule has 0 spiro atoms. The van der Waals surface area contributed by atoms with Gasteiger partial charge in [-0.2, -0.15) is 0 Å². The van der Waals surface area contributed by atoms with Gasteiger partial charge in [0.15, 0.2) is 0 Å². The number of fused-ring (bicyclic) bond motifs is 1. The molecule has 110 valence electrons. The first-order chi connectivity index (χ1) is 10.0. The van der Waals surface area contributed by atoms with Crippen molar-refractivity contribution in [2.24, 2.45) is 0 Å². The van der Waals surface area contributed by atoms with Crippen LogP contribution in [0.3, 0.4) is 0 Å². The topological polar surface area (TPSA) is 29.5 Å². The maximum absolute atomic E-state index is 10.2. The zero-order chi connectivity index (χ0) is 14.9. The molecule has 1 aliphatic rings. The van der Waals surface area contributed by atoms with E-state index >= 15 is 0 Å². The molecule has 0 amide bonds. The molecule has 1 aliphatic heterocycles. The number of phenols is 1. The van der Waals surface area contributed by atoms with Crippen LogP contribution in [0.2, 0.25) is 0 Å². The van der Waals surface area contributed by atoms with E-state index in [9.17, 15) is 5.11 Å². The smallest absolute Gasteiger partial charge is 0.123 e. The van der Waals surface area contributed by atoms with Crippen LogP contribution in [-0.2, 0) is 19.3 Å². The normalized spacial score (nSPS) is 16.1. The minimum atomic E-state index is -0.110. The van der Waals surface area contributed by atoms with Crippen molar-refractivity contribution in [2.45, 2.75) is 45.1 Å². The molecule has 2 aromatic rings. The zero-order valence-electron chi connectivity index (χ0n) is 12.7. The van der Waals surface area contributed by atoms with E-state index in [0.29, 0.717) is 5.75 Å². The molecule has 0 saturated carbocycles. The fraction of sp³-hybridized carbons (Fsp3) is 0.368. The third kappa shape index (κ3) is 3.21. The van der Waals surface area contributed by atoms with Crippen LogP contribution in [0, 0.1) is 0 Å². The minimum Gasteiger partial charge on any atom is -0.508 e. The summed E-state index contributed by atoms with van der Waals surface area (Å²) in [5.41, 5.74) is 3.27. The predicted molar refractivity (Wildman–Crippen MR) is 85.0 cm³/mol. The Morgan fingerprint density at radius 2 is 1.86 bits per heavy atom. The maximum Gasteiger partial charge on any atom is 0.123 e. The Morgan fingerprint density at radius 3 is 2.62 bits per heavy atom. The fourth-order valence-electron chi connectivity index (χ4n) is 2.85. The summed E-state index contributed by atoms with van der Waals surface area (Å²) in [6, 6.07) is 14.3. The van der Waals surface area contributed by atoms with Crippen LogP contribution in [0.25, 0.3) is 0 Å². The Morgan fingerprint density at radius 1 is 1.10 bits per heavy atom. The second-order valence-corrected chi connectivity index (χ2v) is 6.44. The summed E-state index contributed by atoms with van der Waals surface area (Å²) >= 11 is 0. The summed E-state index contributed by atoms with van der Waals surface area (Å²) in [5, 5.41) is 10.2. The first-order valence-corrected chi connectivity index (χ1v) is 7.61. The number of ether oxygens (including phenoxy) is 1. The summed E-state index contributed by atoms with van der Waals surface area (Å²) in [7, 11) is 0. The van der Waals surface area contributed by atoms with Gasteiger partial charge in [-0.1, -0.05) is 30.3 Å². The molecule has 0 aliphatic carbocycles. The van der Waals surface area contributed by atoms with Gasteiger partial charge >= 0.3 is 0 Å². The van der Waals surface area contributed by atoms with Crippen molar-refractivity contribution in [3.05, 3.63) is 59.2 Å². The molecular weight excluding hydrogens is 260 g/mol. The number of hydrogen-bond acceptors (Lipinski definition) is 2. The minimum absolute atomic E-state index is 0.110. The van der Waals surface area contributed by atoms with Crippen molar-refractivity contribution in [1.82, 2.24) is 0 Å². The number of benzene rings is 2. The van der Waals surface area contributed by atoms with Crippen LogP contribution in [0.15, 0.2) is 42.5 Å². The Bertz CT molecular complexity index is 630. The highest BCUT2D eigenvalue weighted by atomic mass is 16.5. The van der Waals surface area contributed by atoms with Gasteiger partial charge < -0.3 is 9.84 Å². The van der Waals surface area contributed by atoms with Crippen LogP contribution >= 0.6 is 0 Å². The van der Waals surface area contributed by atoms with Crippen LogP contribution in [0.5, 0.6) is 11.5 Å². The fourth-order valence-corrected chi connectivity index (χ4v) is 2.85. The van der Waals surface area contributed by atoms with Crippen LogP contribution in [-0.4, -0.2) is 10.7 Å². The number of phenolic OH excluding ortho intramolecular Hbond substituents is 1. The van der Waals surface area contributed by atoms with E-state index in [1.807, 2.05) is 30.3 Å². The lowest BCUT2D eigenvalue weighted by Gasteiger charge is -2.33. The molecule has 0 fully saturated rings. The molecule has 21 heavy (non-hydrogen) atoms. The predicted octanol–water partition coefficient (Wildman–Crippen LogP) is 4.28. The standard InChI is InChI=1S/C19H22O2/c1-19(2)11-10-16-12-17(20)15(13-18(16)21-19)9-8-14-6-4-3-5-7-14/h3-7,12-13,20H,8-11H2,1-2H3. The second-order valence-electron chi connectivity index (χ2n) is 6.44. The van der Waals surface area contributed by atoms with Crippen molar-refractivity contribution >= 4 is 0 Å². The van der Waals surface area contributed by atoms with E-state index in [1.54, 1.807) is 0 Å². The molecule has 2 aromatic carbocycles. The highest BCUT2D eigenvalue weighted by Gasteiger charge is 2.27. The Hall–Kier alpha value is -1.96. The number of aryl methyl sites for hydroxylation is 3. The molecule has 0 radical (unpaired) electrons. The van der Waals surface area contributed by atoms with Gasteiger partial charge in [0.05, 0.1) is 0 Å². The van der Waals surface area contributed by atoms with Crippen LogP contribution in [0.4, 0.5) is 0 Å². The van der Waals surface area contributed by atoms with E-state index in [1.165, 1.54) is 5.56 Å². The summed E-state index contributed by atoms with van der Waals surface area (Å²) in [6.07, 6.45) is 3.71. The highest BCUT2D eigenvalue weighted by molar-refractivity contribution is 5.47. The molecule has 2 nitrogen and oxygen atoms in total. The van der Waals surface area contributed by atoms with Gasteiger partial charge in [-0.15, -0.1) is 0 Å². The molecule has 2 heteroatoms. The largest absolute Gasteiger partial charge is 0.508 e. The average Bonchev–Trinajstić information content (AvgIpc) is 2.46. The second kappa shape index (κ2) is 5.44. The molecule has 3 rings (SSSR count). The quantitative estimate of drug-likeness (QED) is 0.910. The van der Waals surface area contributed by atoms with Crippen molar-refractivity contribution < 1.29 is 9.84 Å². The van der Waals surface area contributed by atoms with E-state index in [-0.39, 0.29) is 5.60 Å². The lowest BCUT2D eigenvalue weighted by Crippen LogP contribution is -2.32. The monoisotopic (exact) mass is 282 g/mol. The molecule has 0 atom stereocenters. The highest BCUT2D eigenvalue weighted by Crippen LogP contribution is 2.37. The number of hydrogen-bond donors (Lipinski definition) is 1. The van der Waals surface area contributed by atoms with E-state index in [4.69, 9.17) is 4.74 Å². The van der Waals surface area contributed by atoms with Crippen LogP contribution in [0.1, 0.15) is 37.0 Å².